The van der Waals surface area contributed by atoms with Crippen LogP contribution in [0.1, 0.15) is 41.0 Å². The van der Waals surface area contributed by atoms with E-state index in [9.17, 15) is 0 Å². The molecule has 0 bridgehead atoms. The smallest absolute Gasteiger partial charge is 0.0682 e. The fourth-order valence-corrected chi connectivity index (χ4v) is 6.49. The second kappa shape index (κ2) is 8.92. The molecule has 1 aliphatic heterocycles. The van der Waals surface area contributed by atoms with E-state index in [0.717, 1.165) is 18.5 Å². The van der Waals surface area contributed by atoms with Gasteiger partial charge in [-0.15, -0.1) is 0 Å². The van der Waals surface area contributed by atoms with E-state index in [2.05, 4.69) is 133 Å². The van der Waals surface area contributed by atoms with Crippen molar-refractivity contribution < 1.29 is 0 Å². The van der Waals surface area contributed by atoms with Crippen LogP contribution in [0.15, 0.2) is 138 Å². The molecule has 39 heavy (non-hydrogen) atoms. The van der Waals surface area contributed by atoms with Crippen LogP contribution < -0.4 is 0 Å². The van der Waals surface area contributed by atoms with Crippen molar-refractivity contribution in [3.8, 4) is 33.4 Å². The fourth-order valence-electron chi connectivity index (χ4n) is 6.49. The van der Waals surface area contributed by atoms with E-state index in [-0.39, 0.29) is 5.92 Å². The van der Waals surface area contributed by atoms with E-state index < -0.39 is 0 Å². The van der Waals surface area contributed by atoms with E-state index in [1.807, 2.05) is 0 Å². The lowest BCUT2D eigenvalue weighted by molar-refractivity contribution is 1.05. The van der Waals surface area contributed by atoms with Crippen molar-refractivity contribution >= 4 is 17.0 Å². The van der Waals surface area contributed by atoms with Crippen LogP contribution in [0.25, 0.3) is 39.0 Å². The zero-order chi connectivity index (χ0) is 25.8. The number of allylic oxidation sites excluding steroid dienone is 4. The maximum atomic E-state index is 5.29. The van der Waals surface area contributed by atoms with E-state index >= 15 is 0 Å². The summed E-state index contributed by atoms with van der Waals surface area (Å²) in [6, 6.07) is 42.2. The van der Waals surface area contributed by atoms with Gasteiger partial charge in [0.1, 0.15) is 0 Å². The molecular weight excluding hydrogens is 470 g/mol. The highest BCUT2D eigenvalue weighted by Gasteiger charge is 2.36. The number of rotatable bonds is 3. The number of nitrogens with zero attached hydrogens (tertiary/aromatic N) is 1. The van der Waals surface area contributed by atoms with Crippen molar-refractivity contribution in [3.05, 3.63) is 156 Å². The van der Waals surface area contributed by atoms with Gasteiger partial charge in [0.2, 0.25) is 0 Å². The van der Waals surface area contributed by atoms with Crippen molar-refractivity contribution in [1.29, 1.82) is 0 Å². The minimum atomic E-state index is 0.186. The molecule has 0 saturated heterocycles. The number of fused-ring (bicyclic) bond motifs is 8. The predicted octanol–water partition coefficient (Wildman–Crippen LogP) is 10.0. The summed E-state index contributed by atoms with van der Waals surface area (Å²) in [6.07, 6.45) is 8.88. The third kappa shape index (κ3) is 3.66. The molecule has 5 aromatic rings. The van der Waals surface area contributed by atoms with E-state index in [0.29, 0.717) is 0 Å². The molecule has 1 heterocycles. The third-order valence-corrected chi connectivity index (χ3v) is 8.38. The molecule has 8 rings (SSSR count). The van der Waals surface area contributed by atoms with Crippen molar-refractivity contribution in [2.24, 2.45) is 4.99 Å². The number of benzene rings is 5. The van der Waals surface area contributed by atoms with Gasteiger partial charge in [-0.2, -0.15) is 0 Å². The summed E-state index contributed by atoms with van der Waals surface area (Å²) in [4.78, 5) is 5.29. The lowest BCUT2D eigenvalue weighted by Gasteiger charge is -2.26. The zero-order valence-electron chi connectivity index (χ0n) is 21.6. The molecule has 0 fully saturated rings. The van der Waals surface area contributed by atoms with Gasteiger partial charge in [-0.1, -0.05) is 109 Å². The Balaban J connectivity index is 1.29. The first-order valence-corrected chi connectivity index (χ1v) is 13.8. The van der Waals surface area contributed by atoms with Crippen molar-refractivity contribution in [2.45, 2.75) is 18.8 Å². The van der Waals surface area contributed by atoms with E-state index in [1.54, 1.807) is 0 Å². The quantitative estimate of drug-likeness (QED) is 0.235. The van der Waals surface area contributed by atoms with Crippen LogP contribution in [0.3, 0.4) is 0 Å². The molecule has 2 aliphatic carbocycles. The molecule has 1 atom stereocenters. The molecule has 0 spiro atoms. The molecule has 0 aromatic heterocycles. The summed E-state index contributed by atoms with van der Waals surface area (Å²) in [6.45, 7) is 0. The van der Waals surface area contributed by atoms with Gasteiger partial charge in [0.15, 0.2) is 0 Å². The van der Waals surface area contributed by atoms with Gasteiger partial charge in [0.25, 0.3) is 0 Å². The molecule has 1 heteroatoms. The van der Waals surface area contributed by atoms with E-state index in [4.69, 9.17) is 4.99 Å². The Morgan fingerprint density at radius 1 is 0.538 bits per heavy atom. The fraction of sp³-hybridized carbons (Fsp3) is 0.0789. The Labute approximate surface area is 229 Å². The monoisotopic (exact) mass is 497 g/mol. The first kappa shape index (κ1) is 22.3. The maximum Gasteiger partial charge on any atom is 0.0682 e. The Bertz CT molecular complexity index is 1850. The Morgan fingerprint density at radius 2 is 1.26 bits per heavy atom. The molecule has 5 aromatic carbocycles. The standard InChI is InChI=1S/C38H27N/c1-3-11-25(12-4-1)28-21-29(26-13-5-2-6-14-26)23-30(22-28)27-19-20-35-36(24-27)39-38-34-18-10-8-16-32(34)31-15-7-9-17-33(31)37(35)38/h1-5,7-13,15-24,37H,6,14H2. The maximum absolute atomic E-state index is 5.29. The topological polar surface area (TPSA) is 12.4 Å². The highest BCUT2D eigenvalue weighted by molar-refractivity contribution is 6.18. The molecule has 0 radical (unpaired) electrons. The minimum Gasteiger partial charge on any atom is -0.251 e. The average molecular weight is 498 g/mol. The molecule has 0 saturated carbocycles. The van der Waals surface area contributed by atoms with Gasteiger partial charge in [-0.3, -0.25) is 4.99 Å². The first-order chi connectivity index (χ1) is 19.3. The molecule has 0 N–H and O–H groups in total. The normalized spacial score (nSPS) is 16.5. The van der Waals surface area contributed by atoms with Crippen molar-refractivity contribution in [2.75, 3.05) is 0 Å². The number of hydrogen-bond donors (Lipinski definition) is 0. The van der Waals surface area contributed by atoms with Gasteiger partial charge in [0, 0.05) is 5.56 Å². The van der Waals surface area contributed by atoms with Crippen molar-refractivity contribution in [1.82, 2.24) is 0 Å². The van der Waals surface area contributed by atoms with Crippen LogP contribution in [0.2, 0.25) is 0 Å². The number of hydrogen-bond acceptors (Lipinski definition) is 1. The summed E-state index contributed by atoms with van der Waals surface area (Å²) in [7, 11) is 0. The van der Waals surface area contributed by atoms with Gasteiger partial charge in [-0.05, 0) is 92.8 Å². The second-order valence-electron chi connectivity index (χ2n) is 10.7. The SMILES string of the molecule is C1=CCCC(c2cc(-c3ccccc3)cc(-c3ccc4c(c3)N=C3c5ccccc5-c5ccccc5C34)c2)=C1. The molecule has 3 aliphatic rings. The summed E-state index contributed by atoms with van der Waals surface area (Å²) in [5.41, 5.74) is 16.4. The summed E-state index contributed by atoms with van der Waals surface area (Å²) < 4.78 is 0. The Morgan fingerprint density at radius 3 is 2.08 bits per heavy atom. The van der Waals surface area contributed by atoms with Gasteiger partial charge >= 0.3 is 0 Å². The lowest BCUT2D eigenvalue weighted by Crippen LogP contribution is -2.18. The lowest BCUT2D eigenvalue weighted by atomic mass is 9.75. The zero-order valence-corrected chi connectivity index (χ0v) is 21.6. The van der Waals surface area contributed by atoms with Crippen LogP contribution >= 0.6 is 0 Å². The first-order valence-electron chi connectivity index (χ1n) is 13.8. The summed E-state index contributed by atoms with van der Waals surface area (Å²) in [5.74, 6) is 0.186. The molecule has 1 nitrogen and oxygen atoms in total. The second-order valence-corrected chi connectivity index (χ2v) is 10.7. The molecule has 0 amide bonds. The molecule has 1 unspecified atom stereocenters. The molecule has 184 valence electrons. The number of aliphatic imine (C=N–C) groups is 1. The Kier molecular flexibility index (Phi) is 5.09. The summed E-state index contributed by atoms with van der Waals surface area (Å²) in [5, 5.41) is 0. The average Bonchev–Trinajstić information content (AvgIpc) is 3.41. The van der Waals surface area contributed by atoms with Crippen LogP contribution in [-0.4, -0.2) is 5.71 Å². The van der Waals surface area contributed by atoms with Gasteiger partial charge < -0.3 is 0 Å². The minimum absolute atomic E-state index is 0.186. The summed E-state index contributed by atoms with van der Waals surface area (Å²) >= 11 is 0. The third-order valence-electron chi connectivity index (χ3n) is 8.38. The van der Waals surface area contributed by atoms with Crippen LogP contribution in [-0.2, 0) is 0 Å². The predicted molar refractivity (Wildman–Crippen MR) is 164 cm³/mol. The van der Waals surface area contributed by atoms with Crippen molar-refractivity contribution in [3.63, 3.8) is 0 Å². The Hall–Kier alpha value is -4.75. The largest absolute Gasteiger partial charge is 0.251 e. The van der Waals surface area contributed by atoms with Crippen LogP contribution in [0, 0.1) is 0 Å². The van der Waals surface area contributed by atoms with Crippen LogP contribution in [0.5, 0.6) is 0 Å². The molecular formula is C38H27N. The highest BCUT2D eigenvalue weighted by atomic mass is 14.8. The van der Waals surface area contributed by atoms with E-state index in [1.165, 1.54) is 66.9 Å². The van der Waals surface area contributed by atoms with Gasteiger partial charge in [0.05, 0.1) is 17.3 Å². The van der Waals surface area contributed by atoms with Gasteiger partial charge in [-0.25, -0.2) is 0 Å². The van der Waals surface area contributed by atoms with Crippen LogP contribution in [0.4, 0.5) is 5.69 Å². The highest BCUT2D eigenvalue weighted by Crippen LogP contribution is 2.50.